The molecule has 2 saturated heterocycles. The fraction of sp³-hybridized carbons (Fsp3) is 0.647. The predicted molar refractivity (Wildman–Crippen MR) is 78.2 cm³/mol. The highest BCUT2D eigenvalue weighted by molar-refractivity contribution is 5.37. The van der Waals surface area contributed by atoms with Crippen molar-refractivity contribution in [2.45, 2.75) is 37.7 Å². The van der Waals surface area contributed by atoms with Crippen LogP contribution < -0.4 is 10.1 Å². The van der Waals surface area contributed by atoms with Crippen molar-refractivity contribution in [2.75, 3.05) is 26.3 Å². The Labute approximate surface area is 120 Å². The summed E-state index contributed by atoms with van der Waals surface area (Å²) in [5, 5.41) is 3.44. The second-order valence-electron chi connectivity index (χ2n) is 6.70. The number of benzene rings is 1. The van der Waals surface area contributed by atoms with E-state index in [0.717, 1.165) is 32.1 Å². The molecule has 1 N–H and O–H groups in total. The van der Waals surface area contributed by atoms with E-state index in [1.54, 1.807) is 0 Å². The molecule has 3 fully saturated rings. The van der Waals surface area contributed by atoms with Crippen molar-refractivity contribution in [1.29, 1.82) is 0 Å². The maximum absolute atomic E-state index is 6.29. The third kappa shape index (κ3) is 2.23. The normalized spacial score (nSPS) is 26.0. The molecule has 3 heteroatoms. The number of nitrogens with one attached hydrogen (secondary N) is 1. The Morgan fingerprint density at radius 3 is 2.55 bits per heavy atom. The first kappa shape index (κ1) is 12.7. The predicted octanol–water partition coefficient (Wildman–Crippen LogP) is 2.71. The highest BCUT2D eigenvalue weighted by Gasteiger charge is 2.51. The zero-order valence-electron chi connectivity index (χ0n) is 11.9. The third-order valence-corrected chi connectivity index (χ3v) is 5.13. The van der Waals surface area contributed by atoms with E-state index < -0.39 is 0 Å². The highest BCUT2D eigenvalue weighted by atomic mass is 16.5. The van der Waals surface area contributed by atoms with Crippen LogP contribution in [0, 0.1) is 5.41 Å². The van der Waals surface area contributed by atoms with Crippen molar-refractivity contribution < 1.29 is 9.47 Å². The Hall–Kier alpha value is -1.06. The molecule has 20 heavy (non-hydrogen) atoms. The second-order valence-corrected chi connectivity index (χ2v) is 6.70. The number of hydrogen-bond acceptors (Lipinski definition) is 3. The Morgan fingerprint density at radius 1 is 1.10 bits per heavy atom. The maximum atomic E-state index is 6.29. The van der Waals surface area contributed by atoms with Crippen molar-refractivity contribution in [3.8, 4) is 5.75 Å². The number of para-hydroxylation sites is 1. The lowest BCUT2D eigenvalue weighted by atomic mass is 9.65. The quantitative estimate of drug-likeness (QED) is 0.918. The summed E-state index contributed by atoms with van der Waals surface area (Å²) in [6.45, 7) is 4.15. The summed E-state index contributed by atoms with van der Waals surface area (Å²) in [4.78, 5) is 0. The van der Waals surface area contributed by atoms with Crippen molar-refractivity contribution >= 4 is 0 Å². The first-order chi connectivity index (χ1) is 9.85. The lowest BCUT2D eigenvalue weighted by Gasteiger charge is -2.52. The molecule has 0 radical (unpaired) electrons. The summed E-state index contributed by atoms with van der Waals surface area (Å²) >= 11 is 0. The maximum Gasteiger partial charge on any atom is 0.123 e. The summed E-state index contributed by atoms with van der Waals surface area (Å²) in [6.07, 6.45) is 5.20. The Kier molecular flexibility index (Phi) is 3.20. The van der Waals surface area contributed by atoms with E-state index >= 15 is 0 Å². The molecule has 1 aromatic rings. The summed E-state index contributed by atoms with van der Waals surface area (Å²) in [5.74, 6) is 1.79. The Bertz CT molecular complexity index is 470. The molecule has 1 aromatic carbocycles. The SMILES string of the molecule is c1ccc(C2CCNCC2)c(OC2CC3(COC3)C2)c1. The van der Waals surface area contributed by atoms with Gasteiger partial charge in [-0.15, -0.1) is 0 Å². The van der Waals surface area contributed by atoms with Crippen LogP contribution in [0.5, 0.6) is 5.75 Å². The molecular formula is C17H23NO2. The van der Waals surface area contributed by atoms with Crippen LogP contribution in [0.2, 0.25) is 0 Å². The lowest BCUT2D eigenvalue weighted by Crippen LogP contribution is -2.56. The van der Waals surface area contributed by atoms with Gasteiger partial charge in [0.25, 0.3) is 0 Å². The van der Waals surface area contributed by atoms with Gasteiger partial charge in [0.15, 0.2) is 0 Å². The topological polar surface area (TPSA) is 30.5 Å². The zero-order chi connectivity index (χ0) is 13.4. The van der Waals surface area contributed by atoms with Gasteiger partial charge in [-0.05, 0) is 56.3 Å². The van der Waals surface area contributed by atoms with Gasteiger partial charge in [0.2, 0.25) is 0 Å². The largest absolute Gasteiger partial charge is 0.490 e. The van der Waals surface area contributed by atoms with E-state index in [-0.39, 0.29) is 0 Å². The highest BCUT2D eigenvalue weighted by Crippen LogP contribution is 2.48. The minimum atomic E-state index is 0.404. The van der Waals surface area contributed by atoms with Crippen molar-refractivity contribution in [1.82, 2.24) is 5.32 Å². The van der Waals surface area contributed by atoms with Gasteiger partial charge < -0.3 is 14.8 Å². The standard InChI is InChI=1S/C17H23NO2/c1-2-4-16(15(3-1)13-5-7-18-8-6-13)20-14-9-17(10-14)11-19-12-17/h1-4,13-14,18H,5-12H2. The van der Waals surface area contributed by atoms with Gasteiger partial charge in [-0.2, -0.15) is 0 Å². The smallest absolute Gasteiger partial charge is 0.123 e. The van der Waals surface area contributed by atoms with Crippen LogP contribution in [0.1, 0.15) is 37.2 Å². The summed E-state index contributed by atoms with van der Waals surface area (Å²) in [5.41, 5.74) is 1.90. The molecule has 0 amide bonds. The molecule has 0 unspecified atom stereocenters. The van der Waals surface area contributed by atoms with E-state index in [2.05, 4.69) is 29.6 Å². The van der Waals surface area contributed by atoms with Gasteiger partial charge in [-0.1, -0.05) is 18.2 Å². The van der Waals surface area contributed by atoms with Gasteiger partial charge in [-0.3, -0.25) is 0 Å². The number of piperidine rings is 1. The van der Waals surface area contributed by atoms with E-state index in [1.165, 1.54) is 31.2 Å². The van der Waals surface area contributed by atoms with Gasteiger partial charge in [0.05, 0.1) is 13.2 Å². The minimum absolute atomic E-state index is 0.404. The Morgan fingerprint density at radius 2 is 1.85 bits per heavy atom. The number of hydrogen-bond donors (Lipinski definition) is 1. The van der Waals surface area contributed by atoms with Crippen LogP contribution in [-0.2, 0) is 4.74 Å². The van der Waals surface area contributed by atoms with E-state index in [1.807, 2.05) is 0 Å². The van der Waals surface area contributed by atoms with Gasteiger partial charge in [0, 0.05) is 5.41 Å². The second kappa shape index (κ2) is 5.05. The zero-order valence-corrected chi connectivity index (χ0v) is 11.9. The van der Waals surface area contributed by atoms with E-state index in [0.29, 0.717) is 17.4 Å². The molecule has 0 atom stereocenters. The lowest BCUT2D eigenvalue weighted by molar-refractivity contribution is -0.191. The number of rotatable bonds is 3. The van der Waals surface area contributed by atoms with E-state index in [4.69, 9.17) is 9.47 Å². The minimum Gasteiger partial charge on any atom is -0.490 e. The molecule has 3 aliphatic rings. The summed E-state index contributed by atoms with van der Waals surface area (Å²) in [6, 6.07) is 8.65. The number of ether oxygens (including phenoxy) is 2. The first-order valence-corrected chi connectivity index (χ1v) is 7.89. The molecule has 0 bridgehead atoms. The van der Waals surface area contributed by atoms with Crippen LogP contribution in [0.25, 0.3) is 0 Å². The van der Waals surface area contributed by atoms with Crippen LogP contribution in [0.3, 0.4) is 0 Å². The van der Waals surface area contributed by atoms with Crippen molar-refractivity contribution in [3.63, 3.8) is 0 Å². The molecule has 2 heterocycles. The average Bonchev–Trinajstić information content (AvgIpc) is 2.42. The fourth-order valence-electron chi connectivity index (χ4n) is 3.85. The van der Waals surface area contributed by atoms with Crippen LogP contribution >= 0.6 is 0 Å². The van der Waals surface area contributed by atoms with Crippen LogP contribution in [0.4, 0.5) is 0 Å². The molecule has 1 spiro atoms. The van der Waals surface area contributed by atoms with Crippen LogP contribution in [-0.4, -0.2) is 32.4 Å². The molecule has 4 rings (SSSR count). The van der Waals surface area contributed by atoms with Crippen molar-refractivity contribution in [2.24, 2.45) is 5.41 Å². The molecular weight excluding hydrogens is 250 g/mol. The van der Waals surface area contributed by atoms with Gasteiger partial charge >= 0.3 is 0 Å². The van der Waals surface area contributed by atoms with Gasteiger partial charge in [-0.25, -0.2) is 0 Å². The molecule has 108 valence electrons. The molecule has 1 aliphatic carbocycles. The summed E-state index contributed by atoms with van der Waals surface area (Å²) in [7, 11) is 0. The van der Waals surface area contributed by atoms with Crippen LogP contribution in [0.15, 0.2) is 24.3 Å². The van der Waals surface area contributed by atoms with E-state index in [9.17, 15) is 0 Å². The van der Waals surface area contributed by atoms with Gasteiger partial charge in [0.1, 0.15) is 11.9 Å². The van der Waals surface area contributed by atoms with Crippen molar-refractivity contribution in [3.05, 3.63) is 29.8 Å². The Balaban J connectivity index is 1.44. The molecule has 3 nitrogen and oxygen atoms in total. The summed E-state index contributed by atoms with van der Waals surface area (Å²) < 4.78 is 11.6. The fourth-order valence-corrected chi connectivity index (χ4v) is 3.85. The first-order valence-electron chi connectivity index (χ1n) is 7.89. The molecule has 1 saturated carbocycles. The monoisotopic (exact) mass is 273 g/mol. The third-order valence-electron chi connectivity index (χ3n) is 5.13. The molecule has 2 aliphatic heterocycles. The average molecular weight is 273 g/mol. The molecule has 0 aromatic heterocycles.